The molecule has 15 heavy (non-hydrogen) atoms. The Hall–Kier alpha value is -1.32. The average Bonchev–Trinajstić information content (AvgIpc) is 2.54. The van der Waals surface area contributed by atoms with E-state index < -0.39 is 0 Å². The van der Waals surface area contributed by atoms with Crippen LogP contribution < -0.4 is 5.73 Å². The van der Waals surface area contributed by atoms with Crippen molar-refractivity contribution in [1.82, 2.24) is 0 Å². The van der Waals surface area contributed by atoms with Crippen LogP contribution in [0.2, 0.25) is 0 Å². The van der Waals surface area contributed by atoms with Gasteiger partial charge in [-0.1, -0.05) is 18.2 Å². The van der Waals surface area contributed by atoms with Crippen molar-refractivity contribution in [2.45, 2.75) is 19.4 Å². The molecule has 2 aromatic rings. The van der Waals surface area contributed by atoms with Crippen LogP contribution in [0.3, 0.4) is 0 Å². The number of benzene rings is 1. The molecule has 0 aliphatic heterocycles. The van der Waals surface area contributed by atoms with E-state index in [9.17, 15) is 0 Å². The number of aliphatic hydroxyl groups is 1. The molecular weight excluding hydrogens is 190 g/mol. The first-order valence-electron chi connectivity index (χ1n) is 5.08. The molecule has 0 fully saturated rings. The topological polar surface area (TPSA) is 59.4 Å². The summed E-state index contributed by atoms with van der Waals surface area (Å²) in [5.41, 5.74) is 7.87. The van der Waals surface area contributed by atoms with Crippen molar-refractivity contribution in [3.05, 3.63) is 35.6 Å². The molecule has 0 spiro atoms. The van der Waals surface area contributed by atoms with Crippen LogP contribution >= 0.6 is 0 Å². The van der Waals surface area contributed by atoms with E-state index in [2.05, 4.69) is 0 Å². The van der Waals surface area contributed by atoms with Crippen LogP contribution in [0.25, 0.3) is 11.0 Å². The van der Waals surface area contributed by atoms with Gasteiger partial charge in [0.15, 0.2) is 0 Å². The first-order valence-corrected chi connectivity index (χ1v) is 5.08. The minimum atomic E-state index is -0.154. The van der Waals surface area contributed by atoms with E-state index in [1.54, 1.807) is 0 Å². The third-order valence-corrected chi connectivity index (χ3v) is 2.63. The van der Waals surface area contributed by atoms with Crippen LogP contribution in [-0.2, 0) is 0 Å². The van der Waals surface area contributed by atoms with Gasteiger partial charge in [0, 0.05) is 23.6 Å². The van der Waals surface area contributed by atoms with Crippen molar-refractivity contribution in [3.63, 3.8) is 0 Å². The predicted octanol–water partition coefficient (Wildman–Crippen LogP) is 2.12. The zero-order chi connectivity index (χ0) is 10.8. The summed E-state index contributed by atoms with van der Waals surface area (Å²) in [6.45, 7) is 2.01. The summed E-state index contributed by atoms with van der Waals surface area (Å²) < 4.78 is 5.60. The number of furan rings is 1. The number of hydrogen-bond donors (Lipinski definition) is 2. The number of fused-ring (bicyclic) bond motifs is 1. The largest absolute Gasteiger partial charge is 0.461 e. The highest BCUT2D eigenvalue weighted by molar-refractivity contribution is 5.82. The summed E-state index contributed by atoms with van der Waals surface area (Å²) in [6.07, 6.45) is 0.560. The van der Waals surface area contributed by atoms with Crippen LogP contribution in [0.15, 0.2) is 28.7 Å². The molecule has 1 heterocycles. The van der Waals surface area contributed by atoms with Gasteiger partial charge in [0.1, 0.15) is 11.3 Å². The summed E-state index contributed by atoms with van der Waals surface area (Å²) in [4.78, 5) is 0. The molecule has 0 bridgehead atoms. The van der Waals surface area contributed by atoms with Crippen LogP contribution in [0.5, 0.6) is 0 Å². The maximum absolute atomic E-state index is 8.89. The monoisotopic (exact) mass is 205 g/mol. The van der Waals surface area contributed by atoms with Crippen molar-refractivity contribution in [2.75, 3.05) is 6.61 Å². The van der Waals surface area contributed by atoms with E-state index in [1.807, 2.05) is 31.2 Å². The summed E-state index contributed by atoms with van der Waals surface area (Å²) >= 11 is 0. The molecule has 0 aliphatic carbocycles. The fourth-order valence-corrected chi connectivity index (χ4v) is 1.93. The highest BCUT2D eigenvalue weighted by Crippen LogP contribution is 2.30. The van der Waals surface area contributed by atoms with E-state index in [4.69, 9.17) is 15.3 Å². The molecule has 3 heteroatoms. The maximum Gasteiger partial charge on any atom is 0.134 e. The fourth-order valence-electron chi connectivity index (χ4n) is 1.93. The lowest BCUT2D eigenvalue weighted by molar-refractivity contribution is 0.276. The molecule has 0 saturated heterocycles. The van der Waals surface area contributed by atoms with Gasteiger partial charge in [0.25, 0.3) is 0 Å². The van der Waals surface area contributed by atoms with Gasteiger partial charge in [0.2, 0.25) is 0 Å². The highest BCUT2D eigenvalue weighted by atomic mass is 16.3. The molecule has 2 rings (SSSR count). The van der Waals surface area contributed by atoms with Crippen LogP contribution in [0.4, 0.5) is 0 Å². The average molecular weight is 205 g/mol. The lowest BCUT2D eigenvalue weighted by atomic mass is 10.0. The van der Waals surface area contributed by atoms with E-state index in [0.29, 0.717) is 6.42 Å². The summed E-state index contributed by atoms with van der Waals surface area (Å²) in [7, 11) is 0. The van der Waals surface area contributed by atoms with Gasteiger partial charge in [-0.15, -0.1) is 0 Å². The van der Waals surface area contributed by atoms with Gasteiger partial charge in [-0.25, -0.2) is 0 Å². The maximum atomic E-state index is 8.89. The standard InChI is InChI=1S/C12H15NO2/c1-8-12(10(13)6-7-14)9-4-2-3-5-11(9)15-8/h2-5,10,14H,6-7,13H2,1H3. The molecule has 80 valence electrons. The molecule has 1 atom stereocenters. The second kappa shape index (κ2) is 4.04. The van der Waals surface area contributed by atoms with Crippen LogP contribution in [-0.4, -0.2) is 11.7 Å². The summed E-state index contributed by atoms with van der Waals surface area (Å²) in [5.74, 6) is 0.845. The first kappa shape index (κ1) is 10.2. The van der Waals surface area contributed by atoms with Gasteiger partial charge < -0.3 is 15.3 Å². The summed E-state index contributed by atoms with van der Waals surface area (Å²) in [6, 6.07) is 7.67. The Morgan fingerprint density at radius 2 is 2.13 bits per heavy atom. The number of aryl methyl sites for hydroxylation is 1. The van der Waals surface area contributed by atoms with Gasteiger partial charge in [-0.3, -0.25) is 0 Å². The molecule has 1 aromatic carbocycles. The molecule has 3 N–H and O–H groups in total. The Bertz CT molecular complexity index is 462. The highest BCUT2D eigenvalue weighted by Gasteiger charge is 2.16. The molecule has 3 nitrogen and oxygen atoms in total. The Morgan fingerprint density at radius 3 is 2.87 bits per heavy atom. The molecule has 0 radical (unpaired) electrons. The predicted molar refractivity (Wildman–Crippen MR) is 59.6 cm³/mol. The van der Waals surface area contributed by atoms with Crippen molar-refractivity contribution in [2.24, 2.45) is 5.73 Å². The molecule has 0 amide bonds. The molecule has 1 aromatic heterocycles. The Balaban J connectivity index is 2.53. The smallest absolute Gasteiger partial charge is 0.134 e. The van der Waals surface area contributed by atoms with Crippen LogP contribution in [0, 0.1) is 6.92 Å². The van der Waals surface area contributed by atoms with Crippen molar-refractivity contribution >= 4 is 11.0 Å². The van der Waals surface area contributed by atoms with E-state index in [-0.39, 0.29) is 12.6 Å². The number of nitrogens with two attached hydrogens (primary N) is 1. The number of aliphatic hydroxyl groups excluding tert-OH is 1. The quantitative estimate of drug-likeness (QED) is 0.806. The van der Waals surface area contributed by atoms with E-state index in [1.165, 1.54) is 0 Å². The molecule has 0 saturated carbocycles. The van der Waals surface area contributed by atoms with E-state index in [0.717, 1.165) is 22.3 Å². The summed E-state index contributed by atoms with van der Waals surface area (Å²) in [5, 5.41) is 9.94. The minimum absolute atomic E-state index is 0.0973. The minimum Gasteiger partial charge on any atom is -0.461 e. The molecule has 1 unspecified atom stereocenters. The lowest BCUT2D eigenvalue weighted by Gasteiger charge is -2.08. The Kier molecular flexibility index (Phi) is 2.75. The second-order valence-electron chi connectivity index (χ2n) is 3.69. The molecule has 0 aliphatic rings. The number of hydrogen-bond acceptors (Lipinski definition) is 3. The number of para-hydroxylation sites is 1. The van der Waals surface area contributed by atoms with Gasteiger partial charge in [-0.05, 0) is 19.4 Å². The Morgan fingerprint density at radius 1 is 1.40 bits per heavy atom. The number of rotatable bonds is 3. The van der Waals surface area contributed by atoms with Crippen LogP contribution in [0.1, 0.15) is 23.8 Å². The van der Waals surface area contributed by atoms with Gasteiger partial charge in [0.05, 0.1) is 0 Å². The lowest BCUT2D eigenvalue weighted by Crippen LogP contribution is -2.12. The third kappa shape index (κ3) is 1.76. The normalized spacial score (nSPS) is 13.3. The van der Waals surface area contributed by atoms with Crippen molar-refractivity contribution in [1.29, 1.82) is 0 Å². The van der Waals surface area contributed by atoms with Gasteiger partial charge in [-0.2, -0.15) is 0 Å². The van der Waals surface area contributed by atoms with Crippen molar-refractivity contribution < 1.29 is 9.52 Å². The first-order chi connectivity index (χ1) is 7.24. The fraction of sp³-hybridized carbons (Fsp3) is 0.333. The Labute approximate surface area is 88.5 Å². The second-order valence-corrected chi connectivity index (χ2v) is 3.69. The molecular formula is C12H15NO2. The van der Waals surface area contributed by atoms with Gasteiger partial charge >= 0.3 is 0 Å². The van der Waals surface area contributed by atoms with Crippen molar-refractivity contribution in [3.8, 4) is 0 Å². The van der Waals surface area contributed by atoms with E-state index >= 15 is 0 Å². The zero-order valence-corrected chi connectivity index (χ0v) is 8.73. The third-order valence-electron chi connectivity index (χ3n) is 2.63. The SMILES string of the molecule is Cc1oc2ccccc2c1C(N)CCO. The zero-order valence-electron chi connectivity index (χ0n) is 8.73.